The van der Waals surface area contributed by atoms with E-state index in [4.69, 9.17) is 5.73 Å². The quantitative estimate of drug-likeness (QED) is 0.837. The number of hydrogen-bond acceptors (Lipinski definition) is 5. The van der Waals surface area contributed by atoms with Crippen molar-refractivity contribution in [2.75, 3.05) is 30.7 Å². The number of nitrogens with zero attached hydrogens (tertiary/aromatic N) is 3. The fourth-order valence-corrected chi connectivity index (χ4v) is 2.19. The number of halogens is 1. The lowest BCUT2D eigenvalue weighted by Gasteiger charge is -2.20. The Hall–Kier alpha value is -0.880. The van der Waals surface area contributed by atoms with Crippen molar-refractivity contribution in [2.45, 2.75) is 25.8 Å². The number of rotatable bonds is 6. The van der Waals surface area contributed by atoms with Crippen molar-refractivity contribution >= 4 is 27.7 Å². The number of anilines is 2. The Morgan fingerprint density at radius 1 is 1.59 bits per heavy atom. The molecule has 0 radical (unpaired) electrons. The van der Waals surface area contributed by atoms with Crippen LogP contribution in [-0.4, -0.2) is 40.5 Å². The maximum Gasteiger partial charge on any atom is 0.221 e. The first-order valence-corrected chi connectivity index (χ1v) is 6.76. The molecule has 1 heterocycles. The van der Waals surface area contributed by atoms with Crippen LogP contribution >= 0.6 is 15.9 Å². The summed E-state index contributed by atoms with van der Waals surface area (Å²) in [5.74, 6) is 1.06. The van der Waals surface area contributed by atoms with Crippen LogP contribution in [0, 0.1) is 0 Å². The predicted molar refractivity (Wildman–Crippen MR) is 72.9 cm³/mol. The first-order chi connectivity index (χ1) is 8.20. The van der Waals surface area contributed by atoms with Crippen LogP contribution in [0.25, 0.3) is 0 Å². The lowest BCUT2D eigenvalue weighted by atomic mass is 10.4. The number of nitrogens with two attached hydrogens (primary N) is 1. The minimum atomic E-state index is 0.297. The molecule has 0 amide bonds. The SMILES string of the molecule is CCN(CCNc1nc(N)ncc1Br)C1CC1. The van der Waals surface area contributed by atoms with Gasteiger partial charge in [0.1, 0.15) is 5.82 Å². The first-order valence-electron chi connectivity index (χ1n) is 5.96. The smallest absolute Gasteiger partial charge is 0.221 e. The molecule has 0 bridgehead atoms. The van der Waals surface area contributed by atoms with Gasteiger partial charge in [-0.2, -0.15) is 4.98 Å². The van der Waals surface area contributed by atoms with E-state index in [-0.39, 0.29) is 0 Å². The van der Waals surface area contributed by atoms with Crippen molar-refractivity contribution in [1.82, 2.24) is 14.9 Å². The minimum absolute atomic E-state index is 0.297. The highest BCUT2D eigenvalue weighted by molar-refractivity contribution is 9.10. The third-order valence-corrected chi connectivity index (χ3v) is 3.50. The Balaban J connectivity index is 1.82. The molecule has 3 N–H and O–H groups in total. The largest absolute Gasteiger partial charge is 0.368 e. The van der Waals surface area contributed by atoms with E-state index < -0.39 is 0 Å². The molecule has 0 saturated heterocycles. The van der Waals surface area contributed by atoms with Gasteiger partial charge in [-0.15, -0.1) is 0 Å². The van der Waals surface area contributed by atoms with E-state index in [1.54, 1.807) is 6.20 Å². The summed E-state index contributed by atoms with van der Waals surface area (Å²) in [6, 6.07) is 0.806. The summed E-state index contributed by atoms with van der Waals surface area (Å²) in [6.45, 7) is 5.23. The Morgan fingerprint density at radius 3 is 3.00 bits per heavy atom. The van der Waals surface area contributed by atoms with Crippen LogP contribution in [0.3, 0.4) is 0 Å². The summed E-state index contributed by atoms with van der Waals surface area (Å²) in [5.41, 5.74) is 5.55. The number of hydrogen-bond donors (Lipinski definition) is 2. The summed E-state index contributed by atoms with van der Waals surface area (Å²) in [5, 5.41) is 3.28. The van der Waals surface area contributed by atoms with E-state index in [0.29, 0.717) is 5.95 Å². The van der Waals surface area contributed by atoms with Crippen molar-refractivity contribution in [2.24, 2.45) is 0 Å². The van der Waals surface area contributed by atoms with Gasteiger partial charge in [-0.3, -0.25) is 4.90 Å². The summed E-state index contributed by atoms with van der Waals surface area (Å²) in [6.07, 6.45) is 4.36. The normalized spacial score (nSPS) is 15.2. The molecule has 1 aromatic heterocycles. The molecule has 0 spiro atoms. The van der Waals surface area contributed by atoms with E-state index >= 15 is 0 Å². The summed E-state index contributed by atoms with van der Waals surface area (Å²) in [4.78, 5) is 10.5. The molecule has 6 heteroatoms. The molecule has 1 aliphatic carbocycles. The Bertz CT molecular complexity index is 380. The average Bonchev–Trinajstić information content (AvgIpc) is 3.13. The van der Waals surface area contributed by atoms with Crippen LogP contribution in [0.1, 0.15) is 19.8 Å². The van der Waals surface area contributed by atoms with Gasteiger partial charge in [0.05, 0.1) is 4.47 Å². The molecule has 1 fully saturated rings. The third-order valence-electron chi connectivity index (χ3n) is 2.92. The summed E-state index contributed by atoms with van der Waals surface area (Å²) >= 11 is 3.40. The van der Waals surface area contributed by atoms with Crippen molar-refractivity contribution in [3.63, 3.8) is 0 Å². The number of aromatic nitrogens is 2. The van der Waals surface area contributed by atoms with Crippen molar-refractivity contribution in [3.05, 3.63) is 10.7 Å². The van der Waals surface area contributed by atoms with Gasteiger partial charge in [-0.1, -0.05) is 6.92 Å². The maximum absolute atomic E-state index is 5.55. The molecule has 17 heavy (non-hydrogen) atoms. The molecule has 1 aromatic rings. The molecule has 0 aliphatic heterocycles. The number of nitrogen functional groups attached to an aromatic ring is 1. The molecule has 1 saturated carbocycles. The number of likely N-dealkylation sites (N-methyl/N-ethyl adjacent to an activating group) is 1. The molecule has 0 unspecified atom stereocenters. The molecule has 0 atom stereocenters. The average molecular weight is 300 g/mol. The van der Waals surface area contributed by atoms with Crippen LogP contribution in [-0.2, 0) is 0 Å². The van der Waals surface area contributed by atoms with Gasteiger partial charge < -0.3 is 11.1 Å². The van der Waals surface area contributed by atoms with Crippen LogP contribution in [0.2, 0.25) is 0 Å². The van der Waals surface area contributed by atoms with Crippen LogP contribution in [0.5, 0.6) is 0 Å². The predicted octanol–water partition coefficient (Wildman–Crippen LogP) is 1.72. The van der Waals surface area contributed by atoms with Gasteiger partial charge >= 0.3 is 0 Å². The monoisotopic (exact) mass is 299 g/mol. The maximum atomic E-state index is 5.55. The molecular weight excluding hydrogens is 282 g/mol. The van der Waals surface area contributed by atoms with Gasteiger partial charge in [0.25, 0.3) is 0 Å². The summed E-state index contributed by atoms with van der Waals surface area (Å²) in [7, 11) is 0. The topological polar surface area (TPSA) is 67.1 Å². The summed E-state index contributed by atoms with van der Waals surface area (Å²) < 4.78 is 0.848. The fourth-order valence-electron chi connectivity index (χ4n) is 1.86. The van der Waals surface area contributed by atoms with E-state index in [1.165, 1.54) is 12.8 Å². The van der Waals surface area contributed by atoms with Crippen molar-refractivity contribution < 1.29 is 0 Å². The lowest BCUT2D eigenvalue weighted by Crippen LogP contribution is -2.31. The van der Waals surface area contributed by atoms with Crippen molar-refractivity contribution in [1.29, 1.82) is 0 Å². The Morgan fingerprint density at radius 2 is 2.35 bits per heavy atom. The zero-order chi connectivity index (χ0) is 12.3. The second-order valence-corrected chi connectivity index (χ2v) is 5.07. The van der Waals surface area contributed by atoms with E-state index in [2.05, 4.69) is 43.0 Å². The highest BCUT2D eigenvalue weighted by Crippen LogP contribution is 2.26. The number of nitrogens with one attached hydrogen (secondary N) is 1. The zero-order valence-corrected chi connectivity index (χ0v) is 11.6. The van der Waals surface area contributed by atoms with Crippen LogP contribution < -0.4 is 11.1 Å². The molecule has 94 valence electrons. The van der Waals surface area contributed by atoms with Crippen molar-refractivity contribution in [3.8, 4) is 0 Å². The molecule has 5 nitrogen and oxygen atoms in total. The van der Waals surface area contributed by atoms with Gasteiger partial charge in [0, 0.05) is 25.3 Å². The standard InChI is InChI=1S/C11H18BrN5/c1-2-17(8-3-4-8)6-5-14-10-9(12)7-15-11(13)16-10/h7-8H,2-6H2,1H3,(H3,13,14,15,16). The Labute approximate surface area is 110 Å². The minimum Gasteiger partial charge on any atom is -0.368 e. The Kier molecular flexibility index (Phi) is 4.17. The van der Waals surface area contributed by atoms with E-state index in [9.17, 15) is 0 Å². The molecule has 0 aromatic carbocycles. The van der Waals surface area contributed by atoms with E-state index in [1.807, 2.05) is 0 Å². The molecule has 2 rings (SSSR count). The van der Waals surface area contributed by atoms with E-state index in [0.717, 1.165) is 36.0 Å². The lowest BCUT2D eigenvalue weighted by molar-refractivity contribution is 0.289. The molecule has 1 aliphatic rings. The fraction of sp³-hybridized carbons (Fsp3) is 0.636. The van der Waals surface area contributed by atoms with Crippen LogP contribution in [0.15, 0.2) is 10.7 Å². The third kappa shape index (κ3) is 3.54. The highest BCUT2D eigenvalue weighted by Gasteiger charge is 2.27. The van der Waals surface area contributed by atoms with Gasteiger partial charge in [-0.05, 0) is 35.3 Å². The molecular formula is C11H18BrN5. The van der Waals surface area contributed by atoms with Gasteiger partial charge in [0.2, 0.25) is 5.95 Å². The highest BCUT2D eigenvalue weighted by atomic mass is 79.9. The second-order valence-electron chi connectivity index (χ2n) is 4.21. The van der Waals surface area contributed by atoms with Gasteiger partial charge in [0.15, 0.2) is 0 Å². The van der Waals surface area contributed by atoms with Crippen LogP contribution in [0.4, 0.5) is 11.8 Å². The second kappa shape index (κ2) is 5.64. The first kappa shape index (κ1) is 12.6. The zero-order valence-electron chi connectivity index (χ0n) is 9.99. The van der Waals surface area contributed by atoms with Gasteiger partial charge in [-0.25, -0.2) is 4.98 Å².